The van der Waals surface area contributed by atoms with Crippen LogP contribution in [0.15, 0.2) is 29.2 Å². The molecule has 3 heterocycles. The quantitative estimate of drug-likeness (QED) is 0.688. The van der Waals surface area contributed by atoms with Crippen LogP contribution in [0.2, 0.25) is 0 Å². The van der Waals surface area contributed by atoms with Crippen LogP contribution in [-0.2, 0) is 14.8 Å². The van der Waals surface area contributed by atoms with E-state index in [1.165, 1.54) is 0 Å². The Morgan fingerprint density at radius 3 is 2.29 bits per heavy atom. The Hall–Kier alpha value is -2.13. The molecule has 3 aliphatic heterocycles. The van der Waals surface area contributed by atoms with E-state index in [1.54, 1.807) is 51.3 Å². The van der Waals surface area contributed by atoms with Gasteiger partial charge in [0, 0.05) is 59.3 Å². The Balaban J connectivity index is 1.62. The third-order valence-electron chi connectivity index (χ3n) is 7.56. The lowest BCUT2D eigenvalue weighted by atomic mass is 9.60. The van der Waals surface area contributed by atoms with E-state index >= 15 is 0 Å². The summed E-state index contributed by atoms with van der Waals surface area (Å²) in [5.74, 6) is 0.0940. The Morgan fingerprint density at radius 1 is 1.06 bits per heavy atom. The van der Waals surface area contributed by atoms with Crippen molar-refractivity contribution >= 4 is 22.0 Å². The fraction of sp³-hybridized carbons (Fsp3) is 0.636. The largest absolute Gasteiger partial charge is 0.345 e. The molecular formula is C22H32N4O4S. The van der Waals surface area contributed by atoms with E-state index in [4.69, 9.17) is 0 Å². The third-order valence-corrected chi connectivity index (χ3v) is 9.45. The molecule has 0 aliphatic carbocycles. The van der Waals surface area contributed by atoms with E-state index < -0.39 is 15.4 Å². The standard InChI is InChI=1S/C22H32N4O4S/c1-17-6-5-7-18(14-17)31(29,30)26-12-8-21(9-13-26)15-25(20(28)23(2)3)16-22(21)10-11-24(4)19(22)27/h5-7,14H,8-13,15-16H2,1-4H3/t22-/m1/s1. The predicted molar refractivity (Wildman–Crippen MR) is 117 cm³/mol. The number of sulfonamides is 1. The lowest BCUT2D eigenvalue weighted by molar-refractivity contribution is -0.140. The summed E-state index contributed by atoms with van der Waals surface area (Å²) < 4.78 is 28.0. The van der Waals surface area contributed by atoms with E-state index in [0.717, 1.165) is 5.56 Å². The van der Waals surface area contributed by atoms with Crippen LogP contribution in [0.3, 0.4) is 0 Å². The minimum atomic E-state index is -3.58. The molecule has 0 unspecified atom stereocenters. The van der Waals surface area contributed by atoms with Crippen LogP contribution >= 0.6 is 0 Å². The lowest BCUT2D eigenvalue weighted by Crippen LogP contribution is -2.53. The van der Waals surface area contributed by atoms with Gasteiger partial charge in [0.1, 0.15) is 0 Å². The van der Waals surface area contributed by atoms with Crippen molar-refractivity contribution in [1.82, 2.24) is 19.0 Å². The molecule has 1 atom stereocenters. The van der Waals surface area contributed by atoms with Crippen LogP contribution in [-0.4, -0.2) is 93.2 Å². The molecule has 8 nitrogen and oxygen atoms in total. The number of nitrogens with zero attached hydrogens (tertiary/aromatic N) is 4. The van der Waals surface area contributed by atoms with Crippen molar-refractivity contribution in [3.8, 4) is 0 Å². The average molecular weight is 449 g/mol. The van der Waals surface area contributed by atoms with Gasteiger partial charge < -0.3 is 14.7 Å². The molecule has 9 heteroatoms. The number of piperidine rings is 1. The second kappa shape index (κ2) is 7.48. The molecule has 0 bridgehead atoms. The zero-order valence-electron chi connectivity index (χ0n) is 18.8. The summed E-state index contributed by atoms with van der Waals surface area (Å²) >= 11 is 0. The van der Waals surface area contributed by atoms with Gasteiger partial charge >= 0.3 is 6.03 Å². The van der Waals surface area contributed by atoms with Crippen LogP contribution in [0.25, 0.3) is 0 Å². The number of rotatable bonds is 2. The summed E-state index contributed by atoms with van der Waals surface area (Å²) in [6.07, 6.45) is 1.87. The van der Waals surface area contributed by atoms with Crippen LogP contribution in [0.5, 0.6) is 0 Å². The Kier molecular flexibility index (Phi) is 5.33. The van der Waals surface area contributed by atoms with Crippen molar-refractivity contribution in [1.29, 1.82) is 0 Å². The first kappa shape index (κ1) is 22.1. The van der Waals surface area contributed by atoms with E-state index in [2.05, 4.69) is 0 Å². The third kappa shape index (κ3) is 3.33. The van der Waals surface area contributed by atoms with Gasteiger partial charge in [0.2, 0.25) is 15.9 Å². The number of urea groups is 1. The van der Waals surface area contributed by atoms with Crippen molar-refractivity contribution in [2.75, 3.05) is 53.9 Å². The smallest absolute Gasteiger partial charge is 0.319 e. The Morgan fingerprint density at radius 2 is 1.74 bits per heavy atom. The summed E-state index contributed by atoms with van der Waals surface area (Å²) in [4.78, 5) is 31.5. The number of fused-ring (bicyclic) bond motifs is 1. The zero-order valence-corrected chi connectivity index (χ0v) is 19.6. The van der Waals surface area contributed by atoms with Gasteiger partial charge in [0.25, 0.3) is 0 Å². The van der Waals surface area contributed by atoms with Crippen molar-refractivity contribution in [3.63, 3.8) is 0 Å². The molecule has 3 saturated heterocycles. The van der Waals surface area contributed by atoms with Crippen molar-refractivity contribution in [3.05, 3.63) is 29.8 Å². The van der Waals surface area contributed by atoms with E-state index in [0.29, 0.717) is 56.9 Å². The molecule has 3 amide bonds. The number of amides is 3. The zero-order chi connectivity index (χ0) is 22.6. The predicted octanol–water partition coefficient (Wildman–Crippen LogP) is 1.61. The minimum absolute atomic E-state index is 0.0894. The molecule has 0 aromatic heterocycles. The number of carbonyl (C=O) groups is 2. The molecule has 170 valence electrons. The molecule has 0 N–H and O–H groups in total. The first-order chi connectivity index (χ1) is 14.5. The van der Waals surface area contributed by atoms with Gasteiger partial charge in [0.15, 0.2) is 0 Å². The van der Waals surface area contributed by atoms with Crippen LogP contribution in [0, 0.1) is 17.8 Å². The van der Waals surface area contributed by atoms with Crippen LogP contribution in [0.1, 0.15) is 24.8 Å². The highest BCUT2D eigenvalue weighted by Gasteiger charge is 2.65. The lowest BCUT2D eigenvalue weighted by Gasteiger charge is -2.46. The monoisotopic (exact) mass is 448 g/mol. The number of hydrogen-bond donors (Lipinski definition) is 0. The van der Waals surface area contributed by atoms with Crippen LogP contribution < -0.4 is 0 Å². The molecule has 4 rings (SSSR count). The number of hydrogen-bond acceptors (Lipinski definition) is 4. The molecule has 31 heavy (non-hydrogen) atoms. The van der Waals surface area contributed by atoms with Gasteiger partial charge in [0.05, 0.1) is 10.3 Å². The number of likely N-dealkylation sites (tertiary alicyclic amines) is 2. The molecule has 0 radical (unpaired) electrons. The topological polar surface area (TPSA) is 81.2 Å². The second-order valence-electron chi connectivity index (χ2n) is 9.59. The van der Waals surface area contributed by atoms with Gasteiger partial charge in [-0.1, -0.05) is 12.1 Å². The summed E-state index contributed by atoms with van der Waals surface area (Å²) in [6, 6.07) is 6.89. The van der Waals surface area contributed by atoms with Gasteiger partial charge in [-0.3, -0.25) is 4.79 Å². The first-order valence-corrected chi connectivity index (χ1v) is 12.3. The molecular weight excluding hydrogens is 416 g/mol. The van der Waals surface area contributed by atoms with E-state index in [-0.39, 0.29) is 17.4 Å². The summed E-state index contributed by atoms with van der Waals surface area (Å²) in [5.41, 5.74) is -0.104. The maximum atomic E-state index is 13.3. The highest BCUT2D eigenvalue weighted by molar-refractivity contribution is 7.89. The number of carbonyl (C=O) groups excluding carboxylic acids is 2. The first-order valence-electron chi connectivity index (χ1n) is 10.8. The summed E-state index contributed by atoms with van der Waals surface area (Å²) in [7, 11) is 1.68. The molecule has 1 aromatic carbocycles. The van der Waals surface area contributed by atoms with Gasteiger partial charge in [-0.25, -0.2) is 13.2 Å². The number of aryl methyl sites for hydroxylation is 1. The summed E-state index contributed by atoms with van der Waals surface area (Å²) in [6.45, 7) is 4.19. The second-order valence-corrected chi connectivity index (χ2v) is 11.5. The summed E-state index contributed by atoms with van der Waals surface area (Å²) in [5, 5.41) is 0. The molecule has 1 aromatic rings. The normalized spacial score (nSPS) is 26.3. The highest BCUT2D eigenvalue weighted by Crippen LogP contribution is 2.58. The van der Waals surface area contributed by atoms with Crippen molar-refractivity contribution in [2.24, 2.45) is 10.8 Å². The fourth-order valence-corrected chi connectivity index (χ4v) is 7.32. The van der Waals surface area contributed by atoms with Gasteiger partial charge in [-0.2, -0.15) is 4.31 Å². The number of benzene rings is 1. The van der Waals surface area contributed by atoms with Gasteiger partial charge in [-0.05, 0) is 43.9 Å². The SMILES string of the molecule is Cc1cccc(S(=O)(=O)N2CCC3(CC2)CN(C(=O)N(C)C)C[C@@]32CCN(C)C2=O)c1. The molecule has 0 saturated carbocycles. The Bertz CT molecular complexity index is 1000. The maximum Gasteiger partial charge on any atom is 0.319 e. The van der Waals surface area contributed by atoms with Crippen molar-refractivity contribution < 1.29 is 18.0 Å². The average Bonchev–Trinajstić information content (AvgIpc) is 3.20. The molecule has 2 spiro atoms. The van der Waals surface area contributed by atoms with E-state index in [1.807, 2.05) is 20.0 Å². The van der Waals surface area contributed by atoms with E-state index in [9.17, 15) is 18.0 Å². The molecule has 3 aliphatic rings. The van der Waals surface area contributed by atoms with Gasteiger partial charge in [-0.15, -0.1) is 0 Å². The van der Waals surface area contributed by atoms with Crippen molar-refractivity contribution in [2.45, 2.75) is 31.1 Å². The maximum absolute atomic E-state index is 13.3. The highest BCUT2D eigenvalue weighted by atomic mass is 32.2. The Labute approximate surface area is 184 Å². The minimum Gasteiger partial charge on any atom is -0.345 e. The fourth-order valence-electron chi connectivity index (χ4n) is 5.77. The molecule has 3 fully saturated rings. The van der Waals surface area contributed by atoms with Crippen LogP contribution in [0.4, 0.5) is 4.79 Å².